The molecule has 0 aliphatic carbocycles. The SMILES string of the molecule is CCOC(=O)[C@@]1(CCOc2ccccc2)CCCN(C2CCN(C)CC2)C1. The Morgan fingerprint density at radius 2 is 1.93 bits per heavy atom. The van der Waals surface area contributed by atoms with Gasteiger partial charge in [0.2, 0.25) is 0 Å². The second-order valence-corrected chi connectivity index (χ2v) is 8.02. The van der Waals surface area contributed by atoms with Crippen LogP contribution in [0.4, 0.5) is 0 Å². The molecule has 0 bridgehead atoms. The van der Waals surface area contributed by atoms with Crippen molar-refractivity contribution in [2.24, 2.45) is 5.41 Å². The third-order valence-electron chi connectivity index (χ3n) is 6.11. The molecular weight excluding hydrogens is 340 g/mol. The number of para-hydroxylation sites is 1. The second kappa shape index (κ2) is 9.56. The molecule has 1 aromatic carbocycles. The van der Waals surface area contributed by atoms with Crippen molar-refractivity contribution in [3.8, 4) is 5.75 Å². The minimum absolute atomic E-state index is 0.0423. The maximum atomic E-state index is 12.9. The molecule has 0 saturated carbocycles. The molecule has 3 rings (SSSR count). The molecule has 0 unspecified atom stereocenters. The molecule has 1 aromatic rings. The molecule has 0 amide bonds. The van der Waals surface area contributed by atoms with Gasteiger partial charge in [0, 0.05) is 12.6 Å². The van der Waals surface area contributed by atoms with Gasteiger partial charge < -0.3 is 14.4 Å². The Balaban J connectivity index is 1.65. The van der Waals surface area contributed by atoms with Gasteiger partial charge in [-0.1, -0.05) is 18.2 Å². The molecule has 0 aromatic heterocycles. The first kappa shape index (κ1) is 20.2. The van der Waals surface area contributed by atoms with Crippen LogP contribution in [0.1, 0.15) is 39.0 Å². The quantitative estimate of drug-likeness (QED) is 0.686. The largest absolute Gasteiger partial charge is 0.494 e. The van der Waals surface area contributed by atoms with Gasteiger partial charge in [0.15, 0.2) is 0 Å². The van der Waals surface area contributed by atoms with Gasteiger partial charge >= 0.3 is 5.97 Å². The van der Waals surface area contributed by atoms with Crippen LogP contribution in [0.5, 0.6) is 5.75 Å². The number of hydrogen-bond donors (Lipinski definition) is 0. The highest BCUT2D eigenvalue weighted by atomic mass is 16.5. The van der Waals surface area contributed by atoms with Gasteiger partial charge in [-0.15, -0.1) is 0 Å². The molecular formula is C22H34N2O3. The number of hydrogen-bond acceptors (Lipinski definition) is 5. The average molecular weight is 375 g/mol. The van der Waals surface area contributed by atoms with Crippen molar-refractivity contribution in [3.05, 3.63) is 30.3 Å². The van der Waals surface area contributed by atoms with E-state index in [2.05, 4.69) is 16.8 Å². The predicted molar refractivity (Wildman–Crippen MR) is 107 cm³/mol. The van der Waals surface area contributed by atoms with E-state index in [0.29, 0.717) is 25.7 Å². The maximum Gasteiger partial charge on any atom is 0.313 e. The van der Waals surface area contributed by atoms with Gasteiger partial charge in [0.1, 0.15) is 5.75 Å². The van der Waals surface area contributed by atoms with E-state index >= 15 is 0 Å². The molecule has 2 heterocycles. The summed E-state index contributed by atoms with van der Waals surface area (Å²) in [6.07, 6.45) is 5.04. The summed E-state index contributed by atoms with van der Waals surface area (Å²) >= 11 is 0. The molecule has 0 spiro atoms. The summed E-state index contributed by atoms with van der Waals surface area (Å²) in [5, 5.41) is 0. The van der Waals surface area contributed by atoms with Gasteiger partial charge in [-0.25, -0.2) is 0 Å². The van der Waals surface area contributed by atoms with Crippen LogP contribution in [0.3, 0.4) is 0 Å². The fourth-order valence-corrected chi connectivity index (χ4v) is 4.48. The smallest absolute Gasteiger partial charge is 0.313 e. The average Bonchev–Trinajstić information content (AvgIpc) is 2.70. The lowest BCUT2D eigenvalue weighted by molar-refractivity contribution is -0.161. The van der Waals surface area contributed by atoms with E-state index in [1.165, 1.54) is 12.8 Å². The van der Waals surface area contributed by atoms with Gasteiger partial charge in [-0.3, -0.25) is 9.69 Å². The number of benzene rings is 1. The summed E-state index contributed by atoms with van der Waals surface area (Å²) in [7, 11) is 2.19. The first-order valence-electron chi connectivity index (χ1n) is 10.4. The van der Waals surface area contributed by atoms with Crippen LogP contribution >= 0.6 is 0 Å². The van der Waals surface area contributed by atoms with Gasteiger partial charge in [-0.2, -0.15) is 0 Å². The number of carbonyl (C=O) groups excluding carboxylic acids is 1. The van der Waals surface area contributed by atoms with E-state index < -0.39 is 5.41 Å². The van der Waals surface area contributed by atoms with Crippen molar-refractivity contribution in [1.29, 1.82) is 0 Å². The van der Waals surface area contributed by atoms with E-state index in [1.54, 1.807) is 0 Å². The lowest BCUT2D eigenvalue weighted by atomic mass is 9.76. The zero-order valence-electron chi connectivity index (χ0n) is 16.9. The van der Waals surface area contributed by atoms with Crippen molar-refractivity contribution >= 4 is 5.97 Å². The van der Waals surface area contributed by atoms with E-state index in [1.807, 2.05) is 37.3 Å². The minimum atomic E-state index is -0.438. The van der Waals surface area contributed by atoms with Crippen LogP contribution in [0, 0.1) is 5.41 Å². The summed E-state index contributed by atoms with van der Waals surface area (Å²) in [5.74, 6) is 0.818. The van der Waals surface area contributed by atoms with Crippen LogP contribution in [0.2, 0.25) is 0 Å². The maximum absolute atomic E-state index is 12.9. The van der Waals surface area contributed by atoms with Crippen LogP contribution in [0.15, 0.2) is 30.3 Å². The second-order valence-electron chi connectivity index (χ2n) is 8.02. The number of carbonyl (C=O) groups is 1. The Kier molecular flexibility index (Phi) is 7.13. The van der Waals surface area contributed by atoms with Crippen molar-refractivity contribution in [3.63, 3.8) is 0 Å². The summed E-state index contributed by atoms with van der Waals surface area (Å²) < 4.78 is 11.4. The monoisotopic (exact) mass is 374 g/mol. The predicted octanol–water partition coefficient (Wildman–Crippen LogP) is 3.20. The lowest BCUT2D eigenvalue weighted by Crippen LogP contribution is -2.54. The molecule has 150 valence electrons. The summed E-state index contributed by atoms with van der Waals surface area (Å²) in [5.41, 5.74) is -0.438. The molecule has 2 saturated heterocycles. The molecule has 5 heteroatoms. The highest BCUT2D eigenvalue weighted by molar-refractivity contribution is 5.77. The van der Waals surface area contributed by atoms with Crippen molar-refractivity contribution in [1.82, 2.24) is 9.80 Å². The van der Waals surface area contributed by atoms with Crippen molar-refractivity contribution < 1.29 is 14.3 Å². The Labute approximate surface area is 163 Å². The number of piperidine rings is 2. The Bertz CT molecular complexity index is 586. The highest BCUT2D eigenvalue weighted by Crippen LogP contribution is 2.37. The first-order chi connectivity index (χ1) is 13.1. The van der Waals surface area contributed by atoms with E-state index in [0.717, 1.165) is 44.8 Å². The molecule has 27 heavy (non-hydrogen) atoms. The highest BCUT2D eigenvalue weighted by Gasteiger charge is 2.45. The topological polar surface area (TPSA) is 42.0 Å². The standard InChI is InChI=1S/C22H34N2O3/c1-3-26-21(25)22(13-17-27-20-8-5-4-6-9-20)12-7-14-24(18-22)19-10-15-23(2)16-11-19/h4-6,8-9,19H,3,7,10-18H2,1-2H3/t22-/m1/s1. The molecule has 2 aliphatic heterocycles. The number of rotatable bonds is 7. The van der Waals surface area contributed by atoms with Crippen LogP contribution in [0.25, 0.3) is 0 Å². The zero-order chi connectivity index (χ0) is 19.1. The Hall–Kier alpha value is -1.59. The number of likely N-dealkylation sites (tertiary alicyclic amines) is 2. The normalized spacial score (nSPS) is 25.3. The minimum Gasteiger partial charge on any atom is -0.494 e. The summed E-state index contributed by atoms with van der Waals surface area (Å²) in [4.78, 5) is 17.9. The lowest BCUT2D eigenvalue weighted by Gasteiger charge is -2.46. The van der Waals surface area contributed by atoms with Crippen LogP contribution in [-0.4, -0.2) is 68.3 Å². The number of esters is 1. The third-order valence-corrected chi connectivity index (χ3v) is 6.11. The number of nitrogens with zero attached hydrogens (tertiary/aromatic N) is 2. The van der Waals surface area contributed by atoms with E-state index in [9.17, 15) is 4.79 Å². The fourth-order valence-electron chi connectivity index (χ4n) is 4.48. The Morgan fingerprint density at radius 1 is 1.19 bits per heavy atom. The first-order valence-corrected chi connectivity index (χ1v) is 10.4. The molecule has 1 atom stereocenters. The fraction of sp³-hybridized carbons (Fsp3) is 0.682. The van der Waals surface area contributed by atoms with Gasteiger partial charge in [0.25, 0.3) is 0 Å². The van der Waals surface area contributed by atoms with E-state index in [4.69, 9.17) is 9.47 Å². The molecule has 0 N–H and O–H groups in total. The Morgan fingerprint density at radius 3 is 2.63 bits per heavy atom. The number of ether oxygens (including phenoxy) is 2. The van der Waals surface area contributed by atoms with Crippen molar-refractivity contribution in [2.75, 3.05) is 46.4 Å². The van der Waals surface area contributed by atoms with Crippen molar-refractivity contribution in [2.45, 2.75) is 45.1 Å². The molecule has 2 aliphatic rings. The molecule has 2 fully saturated rings. The van der Waals surface area contributed by atoms with Crippen LogP contribution < -0.4 is 4.74 Å². The summed E-state index contributed by atoms with van der Waals surface area (Å²) in [6.45, 7) is 7.06. The van der Waals surface area contributed by atoms with Gasteiger partial charge in [0.05, 0.1) is 18.6 Å². The third kappa shape index (κ3) is 5.23. The molecule has 0 radical (unpaired) electrons. The zero-order valence-corrected chi connectivity index (χ0v) is 16.9. The van der Waals surface area contributed by atoms with Gasteiger partial charge in [-0.05, 0) is 77.8 Å². The summed E-state index contributed by atoms with van der Waals surface area (Å²) in [6, 6.07) is 10.4. The van der Waals surface area contributed by atoms with E-state index in [-0.39, 0.29) is 5.97 Å². The van der Waals surface area contributed by atoms with Crippen LogP contribution in [-0.2, 0) is 9.53 Å². The molecule has 5 nitrogen and oxygen atoms in total.